The van der Waals surface area contributed by atoms with Gasteiger partial charge in [0.25, 0.3) is 0 Å². The van der Waals surface area contributed by atoms with Gasteiger partial charge in [0.2, 0.25) is 5.91 Å². The summed E-state index contributed by atoms with van der Waals surface area (Å²) < 4.78 is 10.5. The highest BCUT2D eigenvalue weighted by Gasteiger charge is 2.52. The summed E-state index contributed by atoms with van der Waals surface area (Å²) in [5.41, 5.74) is 1.21. The van der Waals surface area contributed by atoms with Crippen LogP contribution in [0.3, 0.4) is 0 Å². The van der Waals surface area contributed by atoms with Crippen molar-refractivity contribution in [2.75, 3.05) is 26.8 Å². The first kappa shape index (κ1) is 16.5. The fraction of sp³-hybridized carbons (Fsp3) is 0.722. The normalized spacial score (nSPS) is 28.9. The second-order valence-electron chi connectivity index (χ2n) is 6.77. The molecule has 0 aliphatic carbocycles. The maximum Gasteiger partial charge on any atom is 0.223 e. The predicted molar refractivity (Wildman–Crippen MR) is 88.0 cm³/mol. The van der Waals surface area contributed by atoms with E-state index in [1.54, 1.807) is 13.4 Å². The molecule has 0 aromatic carbocycles. The summed E-state index contributed by atoms with van der Waals surface area (Å²) >= 11 is 0. The third-order valence-electron chi connectivity index (χ3n) is 5.60. The van der Waals surface area contributed by atoms with Crippen LogP contribution in [0.4, 0.5) is 0 Å². The van der Waals surface area contributed by atoms with Crippen molar-refractivity contribution in [1.82, 2.24) is 9.80 Å². The van der Waals surface area contributed by atoms with Gasteiger partial charge in [-0.3, -0.25) is 9.69 Å². The fourth-order valence-corrected chi connectivity index (χ4v) is 4.67. The molecule has 2 aliphatic rings. The van der Waals surface area contributed by atoms with Gasteiger partial charge in [-0.2, -0.15) is 0 Å². The highest BCUT2D eigenvalue weighted by Crippen LogP contribution is 2.43. The zero-order valence-electron chi connectivity index (χ0n) is 14.3. The van der Waals surface area contributed by atoms with E-state index in [9.17, 15) is 4.79 Å². The Hall–Kier alpha value is -1.33. The van der Waals surface area contributed by atoms with Crippen LogP contribution in [0.5, 0.6) is 0 Å². The number of nitrogens with zero attached hydrogens (tertiary/aromatic N) is 2. The lowest BCUT2D eigenvalue weighted by Gasteiger charge is -2.52. The van der Waals surface area contributed by atoms with Crippen LogP contribution in [0.1, 0.15) is 44.6 Å². The SMILES string of the molecule is CC[C@@H]1N(Cc2ccoc2)CCC[C@]12CCC(=O)N2CCOC. The van der Waals surface area contributed by atoms with Gasteiger partial charge < -0.3 is 14.1 Å². The van der Waals surface area contributed by atoms with E-state index in [4.69, 9.17) is 9.15 Å². The maximum atomic E-state index is 12.5. The molecule has 2 saturated heterocycles. The predicted octanol–water partition coefficient (Wildman–Crippen LogP) is 2.66. The Morgan fingerprint density at radius 2 is 2.30 bits per heavy atom. The van der Waals surface area contributed by atoms with E-state index in [1.807, 2.05) is 12.3 Å². The third-order valence-corrected chi connectivity index (χ3v) is 5.60. The Labute approximate surface area is 138 Å². The van der Waals surface area contributed by atoms with E-state index in [1.165, 1.54) is 5.56 Å². The van der Waals surface area contributed by atoms with Gasteiger partial charge in [-0.25, -0.2) is 0 Å². The molecule has 0 N–H and O–H groups in total. The number of hydrogen-bond donors (Lipinski definition) is 0. The standard InChI is InChI=1S/C18H28N2O3/c1-3-16-18(8-5-17(21)20(18)10-12-22-2)7-4-9-19(16)13-15-6-11-23-14-15/h6,11,14,16H,3-5,7-10,12-13H2,1-2H3/t16-,18-/m0/s1. The molecule has 2 atom stereocenters. The van der Waals surface area contributed by atoms with E-state index >= 15 is 0 Å². The Morgan fingerprint density at radius 1 is 1.43 bits per heavy atom. The quantitative estimate of drug-likeness (QED) is 0.808. The Balaban J connectivity index is 1.82. The van der Waals surface area contributed by atoms with Crippen LogP contribution in [0, 0.1) is 0 Å². The zero-order valence-corrected chi connectivity index (χ0v) is 14.3. The molecular formula is C18H28N2O3. The van der Waals surface area contributed by atoms with Crippen molar-refractivity contribution in [2.24, 2.45) is 0 Å². The number of rotatable bonds is 6. The van der Waals surface area contributed by atoms with E-state index in [0.717, 1.165) is 38.8 Å². The minimum absolute atomic E-state index is 0.00759. The number of methoxy groups -OCH3 is 1. The van der Waals surface area contributed by atoms with Crippen molar-refractivity contribution < 1.29 is 13.9 Å². The van der Waals surface area contributed by atoms with Gasteiger partial charge in [-0.05, 0) is 38.3 Å². The second kappa shape index (κ2) is 7.05. The van der Waals surface area contributed by atoms with Crippen LogP contribution in [-0.2, 0) is 16.1 Å². The molecule has 0 radical (unpaired) electrons. The van der Waals surface area contributed by atoms with Gasteiger partial charge >= 0.3 is 0 Å². The largest absolute Gasteiger partial charge is 0.472 e. The molecule has 3 heterocycles. The van der Waals surface area contributed by atoms with Gasteiger partial charge in [-0.15, -0.1) is 0 Å². The molecule has 5 nitrogen and oxygen atoms in total. The summed E-state index contributed by atoms with van der Waals surface area (Å²) in [6, 6.07) is 2.45. The summed E-state index contributed by atoms with van der Waals surface area (Å²) in [5, 5.41) is 0. The molecule has 2 aliphatic heterocycles. The summed E-state index contributed by atoms with van der Waals surface area (Å²) in [6.07, 6.45) is 8.55. The average Bonchev–Trinajstić information content (AvgIpc) is 3.16. The van der Waals surface area contributed by atoms with Crippen LogP contribution in [0.25, 0.3) is 0 Å². The number of hydrogen-bond acceptors (Lipinski definition) is 4. The number of piperidine rings is 1. The smallest absolute Gasteiger partial charge is 0.223 e. The molecule has 1 spiro atoms. The first-order valence-electron chi connectivity index (χ1n) is 8.76. The van der Waals surface area contributed by atoms with Crippen molar-refractivity contribution in [3.05, 3.63) is 24.2 Å². The molecule has 1 aromatic heterocycles. The lowest BCUT2D eigenvalue weighted by atomic mass is 9.77. The van der Waals surface area contributed by atoms with E-state index in [0.29, 0.717) is 31.5 Å². The zero-order chi connectivity index (χ0) is 16.3. The molecule has 0 unspecified atom stereocenters. The van der Waals surface area contributed by atoms with Gasteiger partial charge in [-0.1, -0.05) is 6.92 Å². The molecule has 0 bridgehead atoms. The van der Waals surface area contributed by atoms with Gasteiger partial charge in [0, 0.05) is 38.2 Å². The first-order valence-corrected chi connectivity index (χ1v) is 8.76. The van der Waals surface area contributed by atoms with Crippen molar-refractivity contribution in [3.8, 4) is 0 Å². The lowest BCUT2D eigenvalue weighted by Crippen LogP contribution is -2.63. The van der Waals surface area contributed by atoms with Crippen molar-refractivity contribution in [2.45, 2.75) is 57.2 Å². The third kappa shape index (κ3) is 3.04. The van der Waals surface area contributed by atoms with Crippen LogP contribution in [0.15, 0.2) is 23.0 Å². The van der Waals surface area contributed by atoms with E-state index in [2.05, 4.69) is 16.7 Å². The van der Waals surface area contributed by atoms with Gasteiger partial charge in [0.1, 0.15) is 0 Å². The second-order valence-corrected chi connectivity index (χ2v) is 6.77. The fourth-order valence-electron chi connectivity index (χ4n) is 4.67. The highest BCUT2D eigenvalue weighted by atomic mass is 16.5. The Bertz CT molecular complexity index is 516. The average molecular weight is 320 g/mol. The lowest BCUT2D eigenvalue weighted by molar-refractivity contribution is -0.136. The summed E-state index contributed by atoms with van der Waals surface area (Å²) in [6.45, 7) is 5.58. The van der Waals surface area contributed by atoms with Gasteiger partial charge in [0.15, 0.2) is 0 Å². The number of likely N-dealkylation sites (tertiary alicyclic amines) is 2. The molecule has 5 heteroatoms. The molecule has 2 fully saturated rings. The molecule has 23 heavy (non-hydrogen) atoms. The first-order chi connectivity index (χ1) is 11.2. The monoisotopic (exact) mass is 320 g/mol. The summed E-state index contributed by atoms with van der Waals surface area (Å²) in [5.74, 6) is 0.297. The topological polar surface area (TPSA) is 45.9 Å². The molecule has 1 aromatic rings. The minimum Gasteiger partial charge on any atom is -0.472 e. The molecule has 1 amide bonds. The number of amides is 1. The summed E-state index contributed by atoms with van der Waals surface area (Å²) in [4.78, 5) is 17.2. The van der Waals surface area contributed by atoms with Crippen LogP contribution in [0.2, 0.25) is 0 Å². The van der Waals surface area contributed by atoms with Gasteiger partial charge in [0.05, 0.1) is 24.7 Å². The van der Waals surface area contributed by atoms with Crippen molar-refractivity contribution in [1.29, 1.82) is 0 Å². The number of carbonyl (C=O) groups excluding carboxylic acids is 1. The Morgan fingerprint density at radius 3 is 3.00 bits per heavy atom. The molecule has 3 rings (SSSR count). The van der Waals surface area contributed by atoms with E-state index < -0.39 is 0 Å². The van der Waals surface area contributed by atoms with Crippen molar-refractivity contribution >= 4 is 5.91 Å². The number of carbonyl (C=O) groups is 1. The van der Waals surface area contributed by atoms with E-state index in [-0.39, 0.29) is 5.54 Å². The highest BCUT2D eigenvalue weighted by molar-refractivity contribution is 5.80. The van der Waals surface area contributed by atoms with Crippen LogP contribution >= 0.6 is 0 Å². The molecule has 128 valence electrons. The minimum atomic E-state index is -0.00759. The van der Waals surface area contributed by atoms with Crippen LogP contribution < -0.4 is 0 Å². The molecule has 0 saturated carbocycles. The number of ether oxygens (including phenoxy) is 1. The van der Waals surface area contributed by atoms with Crippen LogP contribution in [-0.4, -0.2) is 54.1 Å². The number of furan rings is 1. The maximum absolute atomic E-state index is 12.5. The molecular weight excluding hydrogens is 292 g/mol. The Kier molecular flexibility index (Phi) is 5.07. The van der Waals surface area contributed by atoms with Crippen molar-refractivity contribution in [3.63, 3.8) is 0 Å². The summed E-state index contributed by atoms with van der Waals surface area (Å²) in [7, 11) is 1.70.